The quantitative estimate of drug-likeness (QED) is 0.738. The highest BCUT2D eigenvalue weighted by atomic mass is 16.5. The normalized spacial score (nSPS) is 21.5. The molecule has 0 saturated carbocycles. The summed E-state index contributed by atoms with van der Waals surface area (Å²) < 4.78 is 4.82. The van der Waals surface area contributed by atoms with Crippen molar-refractivity contribution in [3.8, 4) is 0 Å². The minimum atomic E-state index is -0.508. The molecular weight excluding hydrogens is 356 g/mol. The van der Waals surface area contributed by atoms with Crippen LogP contribution in [0.1, 0.15) is 28.9 Å². The van der Waals surface area contributed by atoms with Crippen LogP contribution in [-0.4, -0.2) is 60.0 Å². The van der Waals surface area contributed by atoms with E-state index in [1.165, 1.54) is 18.9 Å². The molecule has 1 atom stereocenters. The Hall–Kier alpha value is -2.96. The number of hydrogen-bond donors (Lipinski definition) is 0. The fourth-order valence-corrected chi connectivity index (χ4v) is 4.25. The second-order valence-electron chi connectivity index (χ2n) is 7.45. The molecule has 7 nitrogen and oxygen atoms in total. The van der Waals surface area contributed by atoms with Crippen LogP contribution in [0.25, 0.3) is 0 Å². The topological polar surface area (TPSA) is 75.6 Å². The van der Waals surface area contributed by atoms with Crippen molar-refractivity contribution in [2.24, 2.45) is 5.41 Å². The molecule has 146 valence electrons. The van der Waals surface area contributed by atoms with E-state index in [2.05, 4.69) is 22.1 Å². The summed E-state index contributed by atoms with van der Waals surface area (Å²) in [4.78, 5) is 37.6. The molecule has 1 spiro atoms. The number of anilines is 1. The van der Waals surface area contributed by atoms with Crippen LogP contribution in [0.4, 0.5) is 5.82 Å². The van der Waals surface area contributed by atoms with Crippen molar-refractivity contribution in [2.75, 3.05) is 38.2 Å². The van der Waals surface area contributed by atoms with E-state index in [1.807, 2.05) is 28.0 Å². The maximum absolute atomic E-state index is 13.2. The zero-order valence-corrected chi connectivity index (χ0v) is 16.0. The minimum absolute atomic E-state index is 0.202. The van der Waals surface area contributed by atoms with E-state index < -0.39 is 5.97 Å². The third-order valence-electron chi connectivity index (χ3n) is 5.83. The highest BCUT2D eigenvalue weighted by Crippen LogP contribution is 2.42. The lowest BCUT2D eigenvalue weighted by molar-refractivity contribution is -0.135. The Morgan fingerprint density at radius 2 is 1.89 bits per heavy atom. The van der Waals surface area contributed by atoms with Gasteiger partial charge in [-0.05, 0) is 24.8 Å². The van der Waals surface area contributed by atoms with Crippen LogP contribution in [0, 0.1) is 5.41 Å². The average Bonchev–Trinajstić information content (AvgIpc) is 3.31. The molecule has 7 heteroatoms. The largest absolute Gasteiger partial charge is 0.464 e. The number of likely N-dealkylation sites (tertiary alicyclic amines) is 1. The maximum Gasteiger partial charge on any atom is 0.360 e. The van der Waals surface area contributed by atoms with E-state index in [4.69, 9.17) is 4.74 Å². The summed E-state index contributed by atoms with van der Waals surface area (Å²) in [6.07, 6.45) is 5.52. The van der Waals surface area contributed by atoms with Gasteiger partial charge >= 0.3 is 5.97 Å². The molecule has 2 aliphatic rings. The number of hydrogen-bond acceptors (Lipinski definition) is 6. The van der Waals surface area contributed by atoms with Crippen LogP contribution in [0.15, 0.2) is 42.7 Å². The van der Waals surface area contributed by atoms with Crippen LogP contribution in [-0.2, 0) is 16.0 Å². The molecule has 1 amide bonds. The summed E-state index contributed by atoms with van der Waals surface area (Å²) in [6.45, 7) is 2.77. The molecule has 2 saturated heterocycles. The molecule has 0 radical (unpaired) electrons. The number of aromatic nitrogens is 2. The van der Waals surface area contributed by atoms with Crippen molar-refractivity contribution in [2.45, 2.75) is 19.3 Å². The van der Waals surface area contributed by atoms with Crippen molar-refractivity contribution >= 4 is 17.7 Å². The van der Waals surface area contributed by atoms with Gasteiger partial charge in [-0.1, -0.05) is 30.3 Å². The Kier molecular flexibility index (Phi) is 4.98. The molecule has 2 aromatic rings. The van der Waals surface area contributed by atoms with Gasteiger partial charge in [0.2, 0.25) is 5.91 Å². The van der Waals surface area contributed by atoms with Gasteiger partial charge in [-0.3, -0.25) is 4.79 Å². The van der Waals surface area contributed by atoms with Gasteiger partial charge in [0.1, 0.15) is 0 Å². The third kappa shape index (κ3) is 3.32. The SMILES string of the molecule is COC(=O)c1nccnc1N1CCC2(CCN(CCc3ccccc3)C2=O)C1. The van der Waals surface area contributed by atoms with Crippen LogP contribution >= 0.6 is 0 Å². The third-order valence-corrected chi connectivity index (χ3v) is 5.83. The number of methoxy groups -OCH3 is 1. The predicted octanol–water partition coefficient (Wildman–Crippen LogP) is 1.93. The predicted molar refractivity (Wildman–Crippen MR) is 104 cm³/mol. The van der Waals surface area contributed by atoms with Crippen LogP contribution in [0.3, 0.4) is 0 Å². The number of esters is 1. The van der Waals surface area contributed by atoms with E-state index >= 15 is 0 Å². The van der Waals surface area contributed by atoms with Crippen LogP contribution in [0.5, 0.6) is 0 Å². The Morgan fingerprint density at radius 3 is 2.68 bits per heavy atom. The molecule has 2 aliphatic heterocycles. The lowest BCUT2D eigenvalue weighted by Crippen LogP contribution is -2.38. The second kappa shape index (κ2) is 7.58. The van der Waals surface area contributed by atoms with Gasteiger partial charge in [-0.15, -0.1) is 0 Å². The zero-order chi connectivity index (χ0) is 19.6. The van der Waals surface area contributed by atoms with E-state index in [9.17, 15) is 9.59 Å². The number of benzene rings is 1. The van der Waals surface area contributed by atoms with Gasteiger partial charge in [0.25, 0.3) is 0 Å². The van der Waals surface area contributed by atoms with Gasteiger partial charge in [0, 0.05) is 38.6 Å². The summed E-state index contributed by atoms with van der Waals surface area (Å²) in [5, 5.41) is 0. The molecule has 4 rings (SSSR count). The number of rotatable bonds is 5. The molecule has 1 unspecified atom stereocenters. The van der Waals surface area contributed by atoms with E-state index in [0.717, 1.165) is 32.4 Å². The van der Waals surface area contributed by atoms with E-state index in [0.29, 0.717) is 18.9 Å². The molecule has 0 N–H and O–H groups in total. The number of nitrogens with zero attached hydrogens (tertiary/aromatic N) is 4. The summed E-state index contributed by atoms with van der Waals surface area (Å²) in [5.41, 5.74) is 1.06. The first kappa shape index (κ1) is 18.4. The summed E-state index contributed by atoms with van der Waals surface area (Å²) in [5.74, 6) is 0.211. The summed E-state index contributed by atoms with van der Waals surface area (Å²) >= 11 is 0. The first-order valence-corrected chi connectivity index (χ1v) is 9.60. The number of amides is 1. The second-order valence-corrected chi connectivity index (χ2v) is 7.45. The Bertz CT molecular complexity index is 873. The van der Waals surface area contributed by atoms with Crippen molar-refractivity contribution in [3.63, 3.8) is 0 Å². The van der Waals surface area contributed by atoms with E-state index in [-0.39, 0.29) is 17.0 Å². The monoisotopic (exact) mass is 380 g/mol. The van der Waals surface area contributed by atoms with Crippen molar-refractivity contribution < 1.29 is 14.3 Å². The smallest absolute Gasteiger partial charge is 0.360 e. The number of ether oxygens (including phenoxy) is 1. The van der Waals surface area contributed by atoms with Crippen LogP contribution < -0.4 is 4.90 Å². The molecule has 3 heterocycles. The number of carbonyl (C=O) groups is 2. The molecule has 28 heavy (non-hydrogen) atoms. The summed E-state index contributed by atoms with van der Waals surface area (Å²) in [6, 6.07) is 10.2. The lowest BCUT2D eigenvalue weighted by Gasteiger charge is -2.24. The molecule has 0 bridgehead atoms. The molecule has 2 fully saturated rings. The van der Waals surface area contributed by atoms with Crippen molar-refractivity contribution in [1.29, 1.82) is 0 Å². The van der Waals surface area contributed by atoms with Crippen LogP contribution in [0.2, 0.25) is 0 Å². The molecular formula is C21H24N4O3. The Labute approximate surface area is 164 Å². The molecule has 1 aromatic carbocycles. The first-order chi connectivity index (χ1) is 13.6. The molecule has 0 aliphatic carbocycles. The lowest BCUT2D eigenvalue weighted by atomic mass is 9.85. The fourth-order valence-electron chi connectivity index (χ4n) is 4.25. The minimum Gasteiger partial charge on any atom is -0.464 e. The highest BCUT2D eigenvalue weighted by molar-refractivity contribution is 5.93. The van der Waals surface area contributed by atoms with E-state index in [1.54, 1.807) is 6.20 Å². The maximum atomic E-state index is 13.2. The highest BCUT2D eigenvalue weighted by Gasteiger charge is 2.51. The Balaban J connectivity index is 1.45. The van der Waals surface area contributed by atoms with Gasteiger partial charge in [-0.2, -0.15) is 0 Å². The number of carbonyl (C=O) groups excluding carboxylic acids is 2. The van der Waals surface area contributed by atoms with Gasteiger partial charge in [-0.25, -0.2) is 14.8 Å². The van der Waals surface area contributed by atoms with Crippen molar-refractivity contribution in [1.82, 2.24) is 14.9 Å². The van der Waals surface area contributed by atoms with Gasteiger partial charge < -0.3 is 14.5 Å². The Morgan fingerprint density at radius 1 is 1.14 bits per heavy atom. The zero-order valence-electron chi connectivity index (χ0n) is 16.0. The summed E-state index contributed by atoms with van der Waals surface area (Å²) in [7, 11) is 1.33. The van der Waals surface area contributed by atoms with Gasteiger partial charge in [0.15, 0.2) is 11.5 Å². The molecule has 1 aromatic heterocycles. The standard InChI is InChI=1S/C21H24N4O3/c1-28-19(26)17-18(23-11-10-22-17)25-14-9-21(15-25)8-13-24(20(21)27)12-7-16-5-3-2-4-6-16/h2-6,10-11H,7-9,12-15H2,1H3. The average molecular weight is 380 g/mol. The first-order valence-electron chi connectivity index (χ1n) is 9.60. The fraction of sp³-hybridized carbons (Fsp3) is 0.429. The van der Waals surface area contributed by atoms with Crippen molar-refractivity contribution in [3.05, 3.63) is 54.0 Å². The van der Waals surface area contributed by atoms with Gasteiger partial charge in [0.05, 0.1) is 12.5 Å².